The van der Waals surface area contributed by atoms with Gasteiger partial charge in [0.25, 0.3) is 0 Å². The number of rotatable bonds is 9. The van der Waals surface area contributed by atoms with E-state index in [9.17, 15) is 20.0 Å². The lowest BCUT2D eigenvalue weighted by Gasteiger charge is -2.44. The number of aromatic nitrogens is 2. The normalized spacial score (nSPS) is 18.9. The van der Waals surface area contributed by atoms with Crippen LogP contribution in [0.5, 0.6) is 0 Å². The second-order valence-corrected chi connectivity index (χ2v) is 15.5. The standard InChI is InChI=1S/C44H44N6O6/c1-25-32(33-8-5-11-37(26(33)2)47-43-40-28(13-15-45-43)17-27(20-46-40)21-48-16-14-31(51)24-48)7-4-9-34(25)39-19-29-18-36-35(41(50(53)54)42(29)56-39)10-6-12-38(36)49-22-30(23-49)44(52)55-3/h4-5,7-9,11,13,15,17-20,30-31,38,51H,6,10,12,14,16,21-24H2,1-3H3,(H,45,47)/t31-,38+/m1/s1. The third-order valence-electron chi connectivity index (χ3n) is 12.0. The number of carbonyl (C=O) groups is 1. The Morgan fingerprint density at radius 3 is 2.55 bits per heavy atom. The minimum Gasteiger partial charge on any atom is -0.469 e. The van der Waals surface area contributed by atoms with Crippen molar-refractivity contribution >= 4 is 45.0 Å². The number of nitrogens with one attached hydrogen (secondary N) is 1. The average molecular weight is 753 g/mol. The SMILES string of the molecule is COC(=O)C1CN([C@H]2CCCc3c2cc2cc(-c4cccc(-c5cccc(Nc6nccc7cc(CN8CC[C@@H](O)C8)cnc67)c5C)c4C)oc2c3[N+](=O)[O-])C1. The maximum atomic E-state index is 12.7. The lowest BCUT2D eigenvalue weighted by molar-refractivity contribution is -0.384. The van der Waals surface area contributed by atoms with Gasteiger partial charge in [-0.3, -0.25) is 29.7 Å². The van der Waals surface area contributed by atoms with E-state index in [1.54, 1.807) is 6.20 Å². The fourth-order valence-corrected chi connectivity index (χ4v) is 9.08. The largest absolute Gasteiger partial charge is 0.469 e. The molecule has 286 valence electrons. The van der Waals surface area contributed by atoms with Gasteiger partial charge in [0.2, 0.25) is 5.58 Å². The Morgan fingerprint density at radius 2 is 1.79 bits per heavy atom. The number of β-amino-alcohol motifs (C(OH)–C–C–N with tert-alkyl or cyclic N) is 1. The molecule has 6 aromatic rings. The van der Waals surface area contributed by atoms with Crippen LogP contribution in [0.2, 0.25) is 0 Å². The highest BCUT2D eigenvalue weighted by molar-refractivity contribution is 5.94. The first kappa shape index (κ1) is 36.0. The number of pyridine rings is 2. The zero-order valence-electron chi connectivity index (χ0n) is 31.7. The highest BCUT2D eigenvalue weighted by Crippen LogP contribution is 2.47. The summed E-state index contributed by atoms with van der Waals surface area (Å²) in [5.74, 6) is 0.873. The van der Waals surface area contributed by atoms with Gasteiger partial charge in [0.15, 0.2) is 5.82 Å². The molecule has 1 aliphatic carbocycles. The Morgan fingerprint density at radius 1 is 1.00 bits per heavy atom. The zero-order valence-corrected chi connectivity index (χ0v) is 31.7. The van der Waals surface area contributed by atoms with Gasteiger partial charge in [-0.1, -0.05) is 30.3 Å². The predicted molar refractivity (Wildman–Crippen MR) is 215 cm³/mol. The lowest BCUT2D eigenvalue weighted by atomic mass is 9.82. The molecule has 0 bridgehead atoms. The van der Waals surface area contributed by atoms with Gasteiger partial charge >= 0.3 is 11.7 Å². The maximum absolute atomic E-state index is 12.7. The molecular formula is C44H44N6O6. The van der Waals surface area contributed by atoms with Gasteiger partial charge in [0.05, 0.1) is 24.1 Å². The Bertz CT molecular complexity index is 2530. The van der Waals surface area contributed by atoms with Gasteiger partial charge in [-0.25, -0.2) is 4.98 Å². The van der Waals surface area contributed by atoms with Crippen molar-refractivity contribution in [2.24, 2.45) is 5.92 Å². The minimum absolute atomic E-state index is 0.00276. The summed E-state index contributed by atoms with van der Waals surface area (Å²) in [7, 11) is 1.41. The third kappa shape index (κ3) is 6.37. The average Bonchev–Trinajstić information content (AvgIpc) is 3.79. The van der Waals surface area contributed by atoms with E-state index in [-0.39, 0.29) is 34.6 Å². The number of ether oxygens (including phenoxy) is 1. The Kier molecular flexibility index (Phi) is 9.27. The van der Waals surface area contributed by atoms with Crippen molar-refractivity contribution < 1.29 is 24.0 Å². The second-order valence-electron chi connectivity index (χ2n) is 15.5. The van der Waals surface area contributed by atoms with E-state index in [2.05, 4.69) is 58.2 Å². The first-order valence-electron chi connectivity index (χ1n) is 19.3. The molecule has 3 aromatic heterocycles. The number of furan rings is 1. The number of nitro benzene ring substituents is 1. The van der Waals surface area contributed by atoms with Crippen LogP contribution in [0.25, 0.3) is 44.3 Å². The minimum atomic E-state index is -0.296. The van der Waals surface area contributed by atoms with Gasteiger partial charge in [0, 0.05) is 78.7 Å². The van der Waals surface area contributed by atoms with Crippen LogP contribution in [0, 0.1) is 29.9 Å². The summed E-state index contributed by atoms with van der Waals surface area (Å²) < 4.78 is 11.4. The van der Waals surface area contributed by atoms with Crippen LogP contribution in [0.4, 0.5) is 17.2 Å². The summed E-state index contributed by atoms with van der Waals surface area (Å²) in [6.45, 7) is 7.63. The number of carbonyl (C=O) groups excluding carboxylic acids is 1. The summed E-state index contributed by atoms with van der Waals surface area (Å²) in [6.07, 6.45) is 6.54. The van der Waals surface area contributed by atoms with Gasteiger partial charge in [-0.05, 0) is 103 Å². The van der Waals surface area contributed by atoms with Crippen molar-refractivity contribution in [2.45, 2.75) is 58.2 Å². The zero-order chi connectivity index (χ0) is 38.7. The molecule has 2 atom stereocenters. The number of likely N-dealkylation sites (tertiary alicyclic amines) is 2. The van der Waals surface area contributed by atoms with E-state index in [1.807, 2.05) is 42.6 Å². The molecule has 3 aliphatic rings. The Balaban J connectivity index is 1.02. The fourth-order valence-electron chi connectivity index (χ4n) is 9.08. The number of aliphatic hydroxyl groups excluding tert-OH is 1. The number of methoxy groups -OCH3 is 1. The number of hydrogen-bond acceptors (Lipinski definition) is 11. The van der Waals surface area contributed by atoms with Crippen LogP contribution >= 0.6 is 0 Å². The Hall–Kier alpha value is -5.69. The van der Waals surface area contributed by atoms with Crippen molar-refractivity contribution in [3.05, 3.63) is 111 Å². The van der Waals surface area contributed by atoms with E-state index in [0.717, 1.165) is 93.4 Å². The van der Waals surface area contributed by atoms with Gasteiger partial charge in [0.1, 0.15) is 11.3 Å². The van der Waals surface area contributed by atoms with Crippen LogP contribution in [0.15, 0.2) is 77.5 Å². The monoisotopic (exact) mass is 752 g/mol. The van der Waals surface area contributed by atoms with E-state index in [1.165, 1.54) is 7.11 Å². The first-order chi connectivity index (χ1) is 27.2. The van der Waals surface area contributed by atoms with Crippen molar-refractivity contribution in [3.8, 4) is 22.5 Å². The molecule has 56 heavy (non-hydrogen) atoms. The summed E-state index contributed by atoms with van der Waals surface area (Å²) >= 11 is 0. The highest BCUT2D eigenvalue weighted by Gasteiger charge is 2.41. The maximum Gasteiger partial charge on any atom is 0.315 e. The molecular weight excluding hydrogens is 709 g/mol. The summed E-state index contributed by atoms with van der Waals surface area (Å²) in [5, 5.41) is 27.9. The van der Waals surface area contributed by atoms with Crippen LogP contribution in [-0.2, 0) is 22.5 Å². The quantitative estimate of drug-likeness (QED) is 0.0841. The van der Waals surface area contributed by atoms with Gasteiger partial charge in [-0.15, -0.1) is 0 Å². The van der Waals surface area contributed by atoms with E-state index >= 15 is 0 Å². The summed E-state index contributed by atoms with van der Waals surface area (Å²) in [4.78, 5) is 38.5. The van der Waals surface area contributed by atoms with Gasteiger partial charge in [-0.2, -0.15) is 0 Å². The van der Waals surface area contributed by atoms with E-state index in [4.69, 9.17) is 14.1 Å². The fraction of sp³-hybridized carbons (Fsp3) is 0.341. The molecule has 0 radical (unpaired) electrons. The highest BCUT2D eigenvalue weighted by atomic mass is 16.6. The third-order valence-corrected chi connectivity index (χ3v) is 12.0. The second kappa shape index (κ2) is 14.4. The lowest BCUT2D eigenvalue weighted by Crippen LogP contribution is -2.52. The number of aliphatic hydroxyl groups is 1. The molecule has 2 fully saturated rings. The number of nitro groups is 1. The first-order valence-corrected chi connectivity index (χ1v) is 19.3. The Labute approximate surface area is 324 Å². The van der Waals surface area contributed by atoms with E-state index < -0.39 is 0 Å². The molecule has 12 nitrogen and oxygen atoms in total. The van der Waals surface area contributed by atoms with Gasteiger partial charge < -0.3 is 19.6 Å². The molecule has 2 aliphatic heterocycles. The molecule has 3 aromatic carbocycles. The molecule has 0 amide bonds. The van der Waals surface area contributed by atoms with E-state index in [0.29, 0.717) is 48.6 Å². The van der Waals surface area contributed by atoms with Crippen molar-refractivity contribution in [1.29, 1.82) is 0 Å². The molecule has 9 rings (SSSR count). The number of esters is 1. The topological polar surface area (TPSA) is 147 Å². The van der Waals surface area contributed by atoms with Crippen LogP contribution < -0.4 is 5.32 Å². The summed E-state index contributed by atoms with van der Waals surface area (Å²) in [6, 6.07) is 20.4. The molecule has 0 saturated carbocycles. The van der Waals surface area contributed by atoms with Crippen molar-refractivity contribution in [2.75, 3.05) is 38.6 Å². The predicted octanol–water partition coefficient (Wildman–Crippen LogP) is 8.03. The molecule has 12 heteroatoms. The number of hydrogen-bond donors (Lipinski definition) is 2. The molecule has 2 saturated heterocycles. The van der Waals surface area contributed by atoms with Crippen molar-refractivity contribution in [1.82, 2.24) is 19.8 Å². The number of anilines is 2. The molecule has 5 heterocycles. The molecule has 0 spiro atoms. The molecule has 2 N–H and O–H groups in total. The summed E-state index contributed by atoms with van der Waals surface area (Å²) in [5.41, 5.74) is 9.77. The van der Waals surface area contributed by atoms with Crippen LogP contribution in [0.3, 0.4) is 0 Å². The van der Waals surface area contributed by atoms with Crippen LogP contribution in [0.1, 0.15) is 53.1 Å². The number of benzene rings is 3. The van der Waals surface area contributed by atoms with Crippen LogP contribution in [-0.4, -0.2) is 75.2 Å². The molecule has 0 unspecified atom stereocenters. The number of nitrogens with zero attached hydrogens (tertiary/aromatic N) is 5. The smallest absolute Gasteiger partial charge is 0.315 e. The number of fused-ring (bicyclic) bond motifs is 3. The van der Waals surface area contributed by atoms with Crippen molar-refractivity contribution in [3.63, 3.8) is 0 Å².